The van der Waals surface area contributed by atoms with Crippen LogP contribution in [0.3, 0.4) is 0 Å². The molecular weight excluding hydrogens is 2090 g/mol. The maximum atomic E-state index is 10.7. The van der Waals surface area contributed by atoms with Crippen molar-refractivity contribution in [2.75, 3.05) is 14.2 Å². The van der Waals surface area contributed by atoms with Crippen molar-refractivity contribution in [3.8, 4) is 45.0 Å². The van der Waals surface area contributed by atoms with Gasteiger partial charge in [0.2, 0.25) is 0 Å². The van der Waals surface area contributed by atoms with Crippen LogP contribution in [0.1, 0.15) is 188 Å². The molecule has 0 fully saturated rings. The first-order valence-electron chi connectivity index (χ1n) is 53.0. The second-order valence-electron chi connectivity index (χ2n) is 37.0. The summed E-state index contributed by atoms with van der Waals surface area (Å²) >= 11 is 5.76. The van der Waals surface area contributed by atoms with Crippen LogP contribution in [0.4, 0.5) is 13.2 Å². The van der Waals surface area contributed by atoms with E-state index in [0.717, 1.165) is 141 Å². The molecule has 708 valence electrons. The number of aryl methyl sites for hydroxylation is 5. The van der Waals surface area contributed by atoms with Gasteiger partial charge in [0.25, 0.3) is 0 Å². The number of fused-ring (bicyclic) bond motifs is 20. The van der Waals surface area contributed by atoms with Gasteiger partial charge in [0.1, 0.15) is 44.2 Å². The first kappa shape index (κ1) is 79.0. The van der Waals surface area contributed by atoms with Crippen molar-refractivity contribution in [2.24, 2.45) is 27.1 Å². The van der Waals surface area contributed by atoms with Gasteiger partial charge < -0.3 is 42.8 Å². The van der Waals surface area contributed by atoms with Crippen molar-refractivity contribution in [3.63, 3.8) is 0 Å². The Morgan fingerprint density at radius 1 is 0.378 bits per heavy atom. The summed E-state index contributed by atoms with van der Waals surface area (Å²) in [5.41, 5.74) is 7.96. The molecule has 0 atom stereocenters. The fraction of sp³-hybridized carbons (Fsp3) is 0.289. The normalized spacial score (nSPS) is 14.9. The van der Waals surface area contributed by atoms with Crippen LogP contribution < -0.4 is 0 Å². The molecule has 10 aromatic carbocycles. The van der Waals surface area contributed by atoms with Gasteiger partial charge in [-0.2, -0.15) is 21.6 Å². The zero-order chi connectivity index (χ0) is 114. The van der Waals surface area contributed by atoms with Crippen LogP contribution >= 0.6 is 11.6 Å². The Labute approximate surface area is 852 Å². The van der Waals surface area contributed by atoms with Crippen LogP contribution in [0.2, 0.25) is 5.15 Å². The van der Waals surface area contributed by atoms with E-state index >= 15 is 0 Å². The van der Waals surface area contributed by atoms with E-state index in [-0.39, 0.29) is 84.0 Å². The number of rotatable bonds is 9. The zero-order valence-corrected chi connectivity index (χ0v) is 83.9. The van der Waals surface area contributed by atoms with E-state index < -0.39 is 85.2 Å². The molecule has 14 nitrogen and oxygen atoms in total. The third-order valence-electron chi connectivity index (χ3n) is 20.3. The van der Waals surface area contributed by atoms with Crippen LogP contribution in [0, 0.1) is 79.5 Å². The molecule has 0 spiro atoms. The first-order valence-corrected chi connectivity index (χ1v) is 44.3. The van der Waals surface area contributed by atoms with Gasteiger partial charge in [0.05, 0.1) is 11.3 Å². The van der Waals surface area contributed by atoms with Gasteiger partial charge in [0, 0.05) is 179 Å². The van der Waals surface area contributed by atoms with Gasteiger partial charge in [-0.1, -0.05) is 273 Å². The molecule has 0 aliphatic heterocycles. The number of alkyl halides is 3. The number of aliphatic hydroxyl groups is 2. The first-order chi connectivity index (χ1) is 71.2. The largest absolute Gasteiger partial charge is 0.522 e. The van der Waals surface area contributed by atoms with E-state index in [2.05, 4.69) is 127 Å². The Hall–Kier alpha value is -11.1. The Morgan fingerprint density at radius 2 is 0.748 bits per heavy atom. The van der Waals surface area contributed by atoms with Crippen molar-refractivity contribution >= 4 is 131 Å². The standard InChI is InChI=1S/C33H27NO2.C33H26NO2.2C17H20N.C11H16ClN.CHF3O3S.2CH4O.2Ir/c2*1-19-18-34-26(16-20(19)17-33(2,3)4)23-13-9-14-25-29-28-24-12-7-8-15-27(24)35-31(28)21-10-5-6-11-22(21)32(29)36-30(23)25;2*1-13-5-8-15(9-6-13)16-10-7-14(12-18-16)11-17(2,3)4;1-8-7-13-10(12)5-9(8)6-11(2,3)4;2-1(3,4)8(5,6)7;2*1-2;;/h5-16,18H,17H2,1-4H3;5-12,14-16,18H,17H2,1-4H3;2*5-8,10,12H,11H2,1-4H3;5,7H,6H2,1-4H3;(H,5,6,7);2*2H,1H3;;/q;3*-1;;;;;;/i2*1D3;2*1D3,11D2;1D3,6D2;;;;;. The monoisotopic (exact) mass is 2230 g/mol. The van der Waals surface area contributed by atoms with Crippen molar-refractivity contribution in [3.05, 3.63) is 316 Å². The Balaban J connectivity index is 0.000000198. The fourth-order valence-corrected chi connectivity index (χ4v) is 15.3. The number of halogens is 4. The number of hydrogen-bond donors (Lipinski definition) is 3. The SMILES string of the molecule is CO.CO.O=S(=O)(O)C(F)(F)F.[2H]C([2H])([2H])c1c[c-]c(-c2ccc(C([2H])([2H])C(C)(C)C)cn2)cc1.[2H]C([2H])([2H])c1c[c-]c(-c2ccc(C([2H])([2H])C(C)(C)C)cn2)cc1.[2H]C([2H])([2H])c1cnc(-c2[c-]ccc3c2oc2c4ccccc4c4oc5ccccc5c4c32)cc1CC(C)(C)C.[2H]C([2H])([2H])c1cnc(-c2cccc3c2oc2c4ccccc4c4oc5ccccc5c4c32)cc1CC(C)(C)C.[2H]C([2H])([2H])c1cnc(Cl)cc1C([2H])([2H])C(C)(C)C.[Ir].[Ir]. The zero-order valence-electron chi connectivity index (χ0n) is 98.5. The average Bonchev–Trinajstić information content (AvgIpc) is 1.55. The average molecular weight is 2230 g/mol. The summed E-state index contributed by atoms with van der Waals surface area (Å²) in [6.45, 7) is 17.7. The molecule has 19 aromatic rings. The molecule has 135 heavy (non-hydrogen) atoms. The molecule has 0 bridgehead atoms. The molecule has 9 heterocycles. The molecule has 21 heteroatoms. The number of para-hydroxylation sites is 3. The van der Waals surface area contributed by atoms with E-state index in [4.69, 9.17) is 81.2 Å². The van der Waals surface area contributed by atoms with Crippen molar-refractivity contribution in [1.29, 1.82) is 0 Å². The minimum Gasteiger partial charge on any atom is -0.500 e. The summed E-state index contributed by atoms with van der Waals surface area (Å²) in [7, 11) is -3.84. The smallest absolute Gasteiger partial charge is 0.500 e. The number of aliphatic hydroxyl groups excluding tert-OH is 2. The molecule has 19 rings (SSSR count). The molecule has 0 amide bonds. The predicted octanol–water partition coefficient (Wildman–Crippen LogP) is 31.1. The van der Waals surface area contributed by atoms with E-state index in [1.54, 1.807) is 69.3 Å². The van der Waals surface area contributed by atoms with Crippen LogP contribution in [-0.4, -0.2) is 67.8 Å². The number of furan rings is 4. The third kappa shape index (κ3) is 26.2. The van der Waals surface area contributed by atoms with Gasteiger partial charge in [-0.05, 0) is 166 Å². The number of benzene rings is 10. The molecule has 0 unspecified atom stereocenters. The molecule has 0 aliphatic rings. The number of hydrogen-bond acceptors (Lipinski definition) is 13. The number of aromatic nitrogens is 5. The molecule has 2 radical (unpaired) electrons. The quantitative estimate of drug-likeness (QED) is 0.0531. The minimum atomic E-state index is -5.84. The van der Waals surface area contributed by atoms with Crippen molar-refractivity contribution in [2.45, 2.75) is 176 Å². The maximum absolute atomic E-state index is 10.7. The Bertz CT molecular complexity index is 7980. The van der Waals surface area contributed by atoms with Crippen LogP contribution in [0.25, 0.3) is 154 Å². The minimum absolute atomic E-state index is 0. The molecule has 0 aliphatic carbocycles. The van der Waals surface area contributed by atoms with Gasteiger partial charge in [-0.3, -0.25) is 9.54 Å². The Morgan fingerprint density at radius 3 is 1.14 bits per heavy atom. The second kappa shape index (κ2) is 43.9. The van der Waals surface area contributed by atoms with E-state index in [1.165, 1.54) is 43.0 Å². The summed E-state index contributed by atoms with van der Waals surface area (Å²) in [6, 6.07) is 73.0. The fourth-order valence-electron chi connectivity index (χ4n) is 15.1. The molecule has 0 saturated heterocycles. The van der Waals surface area contributed by atoms with Crippen LogP contribution in [0.15, 0.2) is 255 Å². The van der Waals surface area contributed by atoms with Crippen LogP contribution in [0.5, 0.6) is 0 Å². The van der Waals surface area contributed by atoms with Crippen LogP contribution in [-0.2, 0) is 82.3 Å². The maximum Gasteiger partial charge on any atom is 0.522 e. The van der Waals surface area contributed by atoms with Gasteiger partial charge in [-0.25, -0.2) is 4.98 Å². The number of pyridine rings is 5. The summed E-state index contributed by atoms with van der Waals surface area (Å²) < 4.78 is 248. The van der Waals surface area contributed by atoms with Gasteiger partial charge >= 0.3 is 15.6 Å². The summed E-state index contributed by atoms with van der Waals surface area (Å²) in [4.78, 5) is 21.6. The van der Waals surface area contributed by atoms with E-state index in [1.807, 2.05) is 139 Å². The molecule has 0 saturated carbocycles. The summed E-state index contributed by atoms with van der Waals surface area (Å²) in [5, 5.41) is 26.1. The topological polar surface area (TPSA) is 212 Å². The molecule has 9 aromatic heterocycles. The molecule has 3 N–H and O–H groups in total. The van der Waals surface area contributed by atoms with E-state index in [0.29, 0.717) is 74.6 Å². The van der Waals surface area contributed by atoms with E-state index in [9.17, 15) is 13.2 Å². The second-order valence-corrected chi connectivity index (χ2v) is 38.8. The molecular formula is C114H118ClF3Ir2N5O9S-3. The van der Waals surface area contributed by atoms with Gasteiger partial charge in [0.15, 0.2) is 0 Å². The number of nitrogens with zero attached hydrogens (tertiary/aromatic N) is 5. The summed E-state index contributed by atoms with van der Waals surface area (Å²) in [5.74, 6) is 0. The summed E-state index contributed by atoms with van der Waals surface area (Å²) in [6.07, 6.45) is 3.64. The van der Waals surface area contributed by atoms with Crippen molar-refractivity contribution in [1.82, 2.24) is 24.9 Å². The Kier molecular flexibility index (Phi) is 25.7. The van der Waals surface area contributed by atoms with Crippen molar-refractivity contribution < 1.29 is 123 Å². The predicted molar refractivity (Wildman–Crippen MR) is 542 cm³/mol. The third-order valence-corrected chi connectivity index (χ3v) is 21.0. The van der Waals surface area contributed by atoms with Gasteiger partial charge in [-0.15, -0.1) is 89.0 Å².